The Morgan fingerprint density at radius 1 is 1.53 bits per heavy atom. The van der Waals surface area contributed by atoms with Crippen LogP contribution in [0.15, 0.2) is 11.6 Å². The molecular formula is C11H20N2OS. The van der Waals surface area contributed by atoms with Gasteiger partial charge in [-0.05, 0) is 12.8 Å². The lowest BCUT2D eigenvalue weighted by Gasteiger charge is -2.20. The van der Waals surface area contributed by atoms with Gasteiger partial charge in [-0.1, -0.05) is 6.92 Å². The molecule has 4 heteroatoms. The van der Waals surface area contributed by atoms with E-state index in [0.717, 1.165) is 19.6 Å². The quantitative estimate of drug-likeness (QED) is 0.724. The molecule has 3 nitrogen and oxygen atoms in total. The first-order valence-corrected chi connectivity index (χ1v) is 6.22. The van der Waals surface area contributed by atoms with Crippen LogP contribution in [0, 0.1) is 5.92 Å². The van der Waals surface area contributed by atoms with Crippen LogP contribution in [0.1, 0.15) is 18.9 Å². The van der Waals surface area contributed by atoms with Gasteiger partial charge in [-0.3, -0.25) is 0 Å². The van der Waals surface area contributed by atoms with Gasteiger partial charge in [0.1, 0.15) is 0 Å². The van der Waals surface area contributed by atoms with E-state index in [0.29, 0.717) is 12.0 Å². The van der Waals surface area contributed by atoms with Crippen LogP contribution in [-0.2, 0) is 11.2 Å². The third-order valence-corrected chi connectivity index (χ3v) is 3.41. The summed E-state index contributed by atoms with van der Waals surface area (Å²) in [5.41, 5.74) is 0. The van der Waals surface area contributed by atoms with E-state index in [-0.39, 0.29) is 0 Å². The molecule has 15 heavy (non-hydrogen) atoms. The Bertz CT molecular complexity index is 251. The van der Waals surface area contributed by atoms with Crippen LogP contribution in [0.2, 0.25) is 0 Å². The average Bonchev–Trinajstić information content (AvgIpc) is 2.70. The van der Waals surface area contributed by atoms with Crippen molar-refractivity contribution in [3.63, 3.8) is 0 Å². The second-order valence-corrected chi connectivity index (χ2v) is 4.82. The van der Waals surface area contributed by atoms with Crippen LogP contribution in [0.25, 0.3) is 0 Å². The molecule has 0 aliphatic rings. The monoisotopic (exact) mass is 228 g/mol. The summed E-state index contributed by atoms with van der Waals surface area (Å²) in [6, 6.07) is 0.504. The number of hydrogen-bond acceptors (Lipinski definition) is 4. The molecule has 1 aromatic heterocycles. The summed E-state index contributed by atoms with van der Waals surface area (Å²) >= 11 is 1.73. The van der Waals surface area contributed by atoms with Gasteiger partial charge in [-0.25, -0.2) is 4.98 Å². The molecule has 0 spiro atoms. The maximum Gasteiger partial charge on any atom is 0.0928 e. The fraction of sp³-hybridized carbons (Fsp3) is 0.727. The standard InChI is InChI=1S/C11H20N2OS/c1-9(8-11-13-5-7-15-11)10(2)12-4-6-14-3/h5,7,9-10,12H,4,6,8H2,1-3H3. The van der Waals surface area contributed by atoms with Crippen LogP contribution in [0.3, 0.4) is 0 Å². The van der Waals surface area contributed by atoms with Gasteiger partial charge in [0.15, 0.2) is 0 Å². The van der Waals surface area contributed by atoms with E-state index in [9.17, 15) is 0 Å². The smallest absolute Gasteiger partial charge is 0.0928 e. The number of ether oxygens (including phenoxy) is 1. The van der Waals surface area contributed by atoms with Crippen molar-refractivity contribution in [2.75, 3.05) is 20.3 Å². The van der Waals surface area contributed by atoms with Crippen molar-refractivity contribution in [3.8, 4) is 0 Å². The number of nitrogens with one attached hydrogen (secondary N) is 1. The molecule has 1 aromatic rings. The zero-order chi connectivity index (χ0) is 11.1. The first-order chi connectivity index (χ1) is 7.24. The molecule has 0 saturated heterocycles. The zero-order valence-electron chi connectivity index (χ0n) is 9.69. The van der Waals surface area contributed by atoms with Gasteiger partial charge in [0, 0.05) is 37.7 Å². The molecule has 0 radical (unpaired) electrons. The van der Waals surface area contributed by atoms with Gasteiger partial charge in [-0.2, -0.15) is 0 Å². The highest BCUT2D eigenvalue weighted by atomic mass is 32.1. The Kier molecular flexibility index (Phi) is 5.83. The third kappa shape index (κ3) is 4.73. The average molecular weight is 228 g/mol. The normalized spacial score (nSPS) is 15.1. The number of hydrogen-bond donors (Lipinski definition) is 1. The number of aromatic nitrogens is 1. The summed E-state index contributed by atoms with van der Waals surface area (Å²) in [7, 11) is 1.73. The van der Waals surface area contributed by atoms with Crippen molar-refractivity contribution in [2.24, 2.45) is 5.92 Å². The fourth-order valence-corrected chi connectivity index (χ4v) is 2.16. The number of nitrogens with zero attached hydrogens (tertiary/aromatic N) is 1. The van der Waals surface area contributed by atoms with Crippen LogP contribution in [0.5, 0.6) is 0 Å². The SMILES string of the molecule is COCCNC(C)C(C)Cc1nccs1. The second-order valence-electron chi connectivity index (χ2n) is 3.84. The second kappa shape index (κ2) is 6.93. The lowest BCUT2D eigenvalue weighted by Crippen LogP contribution is -2.35. The molecule has 0 fully saturated rings. The highest BCUT2D eigenvalue weighted by molar-refractivity contribution is 7.09. The molecule has 2 unspecified atom stereocenters. The van der Waals surface area contributed by atoms with Crippen LogP contribution >= 0.6 is 11.3 Å². The lowest BCUT2D eigenvalue weighted by molar-refractivity contribution is 0.192. The first-order valence-electron chi connectivity index (χ1n) is 5.34. The minimum absolute atomic E-state index is 0.504. The van der Waals surface area contributed by atoms with Crippen molar-refractivity contribution in [1.29, 1.82) is 0 Å². The molecule has 2 atom stereocenters. The van der Waals surface area contributed by atoms with Gasteiger partial charge < -0.3 is 10.1 Å². The Hall–Kier alpha value is -0.450. The Morgan fingerprint density at radius 2 is 2.33 bits per heavy atom. The summed E-state index contributed by atoms with van der Waals surface area (Å²) in [6.07, 6.45) is 2.93. The maximum absolute atomic E-state index is 5.01. The van der Waals surface area contributed by atoms with Gasteiger partial charge >= 0.3 is 0 Å². The molecule has 0 amide bonds. The summed E-state index contributed by atoms with van der Waals surface area (Å²) in [5.74, 6) is 0.605. The van der Waals surface area contributed by atoms with Crippen molar-refractivity contribution in [3.05, 3.63) is 16.6 Å². The largest absolute Gasteiger partial charge is 0.383 e. The minimum Gasteiger partial charge on any atom is -0.383 e. The predicted molar refractivity (Wildman–Crippen MR) is 64.3 cm³/mol. The summed E-state index contributed by atoms with van der Waals surface area (Å²) < 4.78 is 5.01. The Labute approximate surface area is 95.9 Å². The maximum atomic E-state index is 5.01. The molecule has 1 N–H and O–H groups in total. The molecule has 0 aliphatic carbocycles. The molecular weight excluding hydrogens is 208 g/mol. The Morgan fingerprint density at radius 3 is 2.93 bits per heavy atom. The van der Waals surface area contributed by atoms with Crippen LogP contribution in [0.4, 0.5) is 0 Å². The van der Waals surface area contributed by atoms with Gasteiger partial charge in [-0.15, -0.1) is 11.3 Å². The summed E-state index contributed by atoms with van der Waals surface area (Å²) in [5, 5.41) is 6.71. The molecule has 0 aromatic carbocycles. The highest BCUT2D eigenvalue weighted by Gasteiger charge is 2.12. The third-order valence-electron chi connectivity index (χ3n) is 2.61. The number of rotatable bonds is 7. The summed E-state index contributed by atoms with van der Waals surface area (Å²) in [4.78, 5) is 4.30. The van der Waals surface area contributed by atoms with Gasteiger partial charge in [0.05, 0.1) is 11.6 Å². The van der Waals surface area contributed by atoms with E-state index in [2.05, 4.69) is 24.1 Å². The van der Waals surface area contributed by atoms with Crippen molar-refractivity contribution < 1.29 is 4.74 Å². The predicted octanol–water partition coefficient (Wildman–Crippen LogP) is 1.95. The van der Waals surface area contributed by atoms with E-state index in [4.69, 9.17) is 4.74 Å². The highest BCUT2D eigenvalue weighted by Crippen LogP contribution is 2.13. The topological polar surface area (TPSA) is 34.1 Å². The van der Waals surface area contributed by atoms with E-state index in [1.165, 1.54) is 5.01 Å². The van der Waals surface area contributed by atoms with E-state index < -0.39 is 0 Å². The first kappa shape index (κ1) is 12.6. The number of thiazole rings is 1. The molecule has 0 bridgehead atoms. The van der Waals surface area contributed by atoms with Crippen molar-refractivity contribution in [1.82, 2.24) is 10.3 Å². The van der Waals surface area contributed by atoms with Crippen LogP contribution < -0.4 is 5.32 Å². The molecule has 1 rings (SSSR count). The molecule has 1 heterocycles. The van der Waals surface area contributed by atoms with E-state index in [1.807, 2.05) is 11.6 Å². The van der Waals surface area contributed by atoms with Gasteiger partial charge in [0.2, 0.25) is 0 Å². The van der Waals surface area contributed by atoms with Gasteiger partial charge in [0.25, 0.3) is 0 Å². The number of methoxy groups -OCH3 is 1. The molecule has 86 valence electrons. The zero-order valence-corrected chi connectivity index (χ0v) is 10.5. The Balaban J connectivity index is 2.23. The van der Waals surface area contributed by atoms with E-state index in [1.54, 1.807) is 18.4 Å². The molecule has 0 saturated carbocycles. The summed E-state index contributed by atoms with van der Waals surface area (Å²) in [6.45, 7) is 6.16. The fourth-order valence-electron chi connectivity index (χ4n) is 1.40. The van der Waals surface area contributed by atoms with Crippen LogP contribution in [-0.4, -0.2) is 31.3 Å². The van der Waals surface area contributed by atoms with E-state index >= 15 is 0 Å². The van der Waals surface area contributed by atoms with Crippen molar-refractivity contribution in [2.45, 2.75) is 26.3 Å². The lowest BCUT2D eigenvalue weighted by atomic mass is 10.0. The van der Waals surface area contributed by atoms with Crippen molar-refractivity contribution >= 4 is 11.3 Å². The molecule has 0 aliphatic heterocycles. The minimum atomic E-state index is 0.504.